The summed E-state index contributed by atoms with van der Waals surface area (Å²) < 4.78 is 0. The van der Waals surface area contributed by atoms with E-state index in [4.69, 9.17) is 0 Å². The van der Waals surface area contributed by atoms with Crippen LogP contribution in [0.15, 0.2) is 60.7 Å². The molecule has 0 spiro atoms. The fraction of sp³-hybridized carbons (Fsp3) is 0.261. The molecule has 0 aliphatic heterocycles. The van der Waals surface area contributed by atoms with Crippen LogP contribution in [0.2, 0.25) is 0 Å². The smallest absolute Gasteiger partial charge is 1.00 e. The van der Waals surface area contributed by atoms with Gasteiger partial charge in [-0.3, -0.25) is 0 Å². The largest absolute Gasteiger partial charge is 3.00 e. The third-order valence-corrected chi connectivity index (χ3v) is 7.83. The van der Waals surface area contributed by atoms with E-state index in [2.05, 4.69) is 88.4 Å². The molecule has 0 N–H and O–H groups in total. The summed E-state index contributed by atoms with van der Waals surface area (Å²) >= 11 is 0. The van der Waals surface area contributed by atoms with Crippen molar-refractivity contribution in [3.8, 4) is 0 Å². The Morgan fingerprint density at radius 3 is 1.41 bits per heavy atom. The zero-order chi connectivity index (χ0) is 17.1. The summed E-state index contributed by atoms with van der Waals surface area (Å²) in [6.45, 7) is 9.10. The average Bonchev–Trinajstić information content (AvgIpc) is 2.81. The van der Waals surface area contributed by atoms with Gasteiger partial charge in [0.15, 0.2) is 0 Å². The summed E-state index contributed by atoms with van der Waals surface area (Å²) in [7, 11) is -0.300. The van der Waals surface area contributed by atoms with Gasteiger partial charge in [0.1, 0.15) is 0 Å². The quantitative estimate of drug-likeness (QED) is 0.274. The predicted octanol–water partition coefficient (Wildman–Crippen LogP) is -0.680. The van der Waals surface area contributed by atoms with Crippen LogP contribution in [0.4, 0.5) is 0 Å². The van der Waals surface area contributed by atoms with Gasteiger partial charge in [-0.2, -0.15) is 27.8 Å². The maximum absolute atomic E-state index is 2.29. The molecule has 0 nitrogen and oxygen atoms in total. The number of hydrogen-bond acceptors (Lipinski definition) is 0. The summed E-state index contributed by atoms with van der Waals surface area (Å²) in [5.41, 5.74) is 7.53. The van der Waals surface area contributed by atoms with E-state index in [0.717, 1.165) is 0 Å². The molecule has 0 atom stereocenters. The molecule has 0 aliphatic rings. The minimum atomic E-state index is -0.300. The first kappa shape index (κ1) is 26.5. The molecule has 0 fully saturated rings. The Kier molecular flexibility index (Phi) is 11.9. The van der Waals surface area contributed by atoms with Gasteiger partial charge in [0.25, 0.3) is 0 Å². The van der Waals surface area contributed by atoms with Crippen LogP contribution in [0.5, 0.6) is 0 Å². The molecule has 0 saturated heterocycles. The summed E-state index contributed by atoms with van der Waals surface area (Å²) in [6, 6.07) is 22.1. The number of benzene rings is 2. The maximum Gasteiger partial charge on any atom is 3.00 e. The number of hydrogen-bond donors (Lipinski definition) is 0. The van der Waals surface area contributed by atoms with Crippen molar-refractivity contribution in [3.63, 3.8) is 0 Å². The van der Waals surface area contributed by atoms with Crippen molar-refractivity contribution in [1.82, 2.24) is 0 Å². The Balaban J connectivity index is 0.00000225. The molecular weight excluding hydrogens is 426 g/mol. The second-order valence-corrected chi connectivity index (χ2v) is 8.89. The molecular formula is C23H26Cl2PTi. The Morgan fingerprint density at radius 2 is 1.04 bits per heavy atom. The fourth-order valence-corrected chi connectivity index (χ4v) is 5.84. The first-order valence-corrected chi connectivity index (χ1v) is 10.2. The molecule has 1 radical (unpaired) electrons. The van der Waals surface area contributed by atoms with Crippen LogP contribution in [-0.4, -0.2) is 6.16 Å². The first-order valence-electron chi connectivity index (χ1n) is 8.69. The SMILES string of the molecule is Cc1c(C)c(C)[c-](CCP(c2ccccc2)c2ccccc2)c1C.[Cl-].[Cl-].[Ti+3]. The minimum absolute atomic E-state index is 0. The Labute approximate surface area is 193 Å². The topological polar surface area (TPSA) is 0 Å². The monoisotopic (exact) mass is 451 g/mol. The molecule has 3 aromatic rings. The molecule has 4 heteroatoms. The van der Waals surface area contributed by atoms with Crippen molar-refractivity contribution in [3.05, 3.63) is 88.5 Å². The standard InChI is InChI=1S/C23H26P.2ClH.Ti/c1-17-18(2)20(4)23(19(17)3)15-16-24(21-11-7-5-8-12-21)22-13-9-6-10-14-22;;;/h5-14H,15-16H2,1-4H3;2*1H;/q-1;;;+3/p-2. The summed E-state index contributed by atoms with van der Waals surface area (Å²) in [6.07, 6.45) is 2.38. The van der Waals surface area contributed by atoms with Gasteiger partial charge in [-0.05, 0) is 24.7 Å². The van der Waals surface area contributed by atoms with E-state index in [9.17, 15) is 0 Å². The van der Waals surface area contributed by atoms with Crippen molar-refractivity contribution in [2.75, 3.05) is 6.16 Å². The molecule has 0 aromatic heterocycles. The summed E-state index contributed by atoms with van der Waals surface area (Å²) in [4.78, 5) is 0. The molecule has 0 amide bonds. The van der Waals surface area contributed by atoms with Gasteiger partial charge in [-0.25, -0.2) is 0 Å². The Bertz CT molecular complexity index is 748. The molecule has 141 valence electrons. The fourth-order valence-electron chi connectivity index (χ4n) is 3.52. The first-order chi connectivity index (χ1) is 11.6. The van der Waals surface area contributed by atoms with Gasteiger partial charge in [-0.15, -0.1) is 0 Å². The van der Waals surface area contributed by atoms with Crippen LogP contribution < -0.4 is 35.4 Å². The van der Waals surface area contributed by atoms with Gasteiger partial charge in [-0.1, -0.05) is 94.8 Å². The molecule has 0 saturated carbocycles. The molecule has 3 rings (SSSR count). The van der Waals surface area contributed by atoms with Gasteiger partial charge >= 0.3 is 21.7 Å². The van der Waals surface area contributed by atoms with Crippen molar-refractivity contribution in [2.24, 2.45) is 0 Å². The van der Waals surface area contributed by atoms with Crippen molar-refractivity contribution >= 4 is 18.5 Å². The van der Waals surface area contributed by atoms with E-state index in [0.29, 0.717) is 0 Å². The molecule has 3 aromatic carbocycles. The van der Waals surface area contributed by atoms with Crippen LogP contribution in [0.3, 0.4) is 0 Å². The van der Waals surface area contributed by atoms with Crippen molar-refractivity contribution < 1.29 is 46.5 Å². The maximum atomic E-state index is 2.29. The van der Waals surface area contributed by atoms with Gasteiger partial charge in [0.2, 0.25) is 0 Å². The van der Waals surface area contributed by atoms with E-state index in [-0.39, 0.29) is 54.5 Å². The van der Waals surface area contributed by atoms with Crippen molar-refractivity contribution in [2.45, 2.75) is 34.1 Å². The minimum Gasteiger partial charge on any atom is -1.00 e. The van der Waals surface area contributed by atoms with E-state index in [1.807, 2.05) is 0 Å². The van der Waals surface area contributed by atoms with E-state index in [1.54, 1.807) is 5.56 Å². The molecule has 27 heavy (non-hydrogen) atoms. The van der Waals surface area contributed by atoms with E-state index < -0.39 is 0 Å². The zero-order valence-electron chi connectivity index (χ0n) is 16.4. The van der Waals surface area contributed by atoms with Crippen LogP contribution in [-0.2, 0) is 28.1 Å². The Morgan fingerprint density at radius 1 is 0.667 bits per heavy atom. The average molecular weight is 452 g/mol. The second kappa shape index (κ2) is 12.2. The third kappa shape index (κ3) is 5.99. The molecule has 0 heterocycles. The van der Waals surface area contributed by atoms with Crippen LogP contribution >= 0.6 is 7.92 Å². The van der Waals surface area contributed by atoms with Crippen LogP contribution in [0.25, 0.3) is 0 Å². The van der Waals surface area contributed by atoms with E-state index >= 15 is 0 Å². The zero-order valence-corrected chi connectivity index (χ0v) is 20.4. The van der Waals surface area contributed by atoms with Gasteiger partial charge < -0.3 is 24.8 Å². The third-order valence-electron chi connectivity index (χ3n) is 5.31. The van der Waals surface area contributed by atoms with Gasteiger partial charge in [0, 0.05) is 0 Å². The molecule has 0 aliphatic carbocycles. The second-order valence-electron chi connectivity index (χ2n) is 6.55. The van der Waals surface area contributed by atoms with E-state index in [1.165, 1.54) is 45.4 Å². The van der Waals surface area contributed by atoms with Crippen LogP contribution in [0.1, 0.15) is 27.8 Å². The van der Waals surface area contributed by atoms with Crippen molar-refractivity contribution in [1.29, 1.82) is 0 Å². The molecule has 0 unspecified atom stereocenters. The summed E-state index contributed by atoms with van der Waals surface area (Å²) in [5, 5.41) is 2.96. The molecule has 0 bridgehead atoms. The summed E-state index contributed by atoms with van der Waals surface area (Å²) in [5.74, 6) is 0. The number of halogens is 2. The van der Waals surface area contributed by atoms with Crippen LogP contribution in [0, 0.1) is 27.7 Å². The van der Waals surface area contributed by atoms with Gasteiger partial charge in [0.05, 0.1) is 0 Å². The predicted molar refractivity (Wildman–Crippen MR) is 109 cm³/mol. The Hall–Kier alpha value is -0.486. The number of rotatable bonds is 5. The normalized spacial score (nSPS) is 9.96.